The van der Waals surface area contributed by atoms with E-state index >= 15 is 0 Å². The maximum atomic E-state index is 12.5. The molecule has 1 aliphatic carbocycles. The molecule has 1 unspecified atom stereocenters. The largest absolute Gasteiger partial charge is 0.368 e. The Morgan fingerprint density at radius 2 is 2.04 bits per heavy atom. The third kappa shape index (κ3) is 5.94. The molecule has 0 bridgehead atoms. The summed E-state index contributed by atoms with van der Waals surface area (Å²) in [5, 5.41) is 6.23. The zero-order valence-corrected chi connectivity index (χ0v) is 16.4. The minimum atomic E-state index is -0.0802. The van der Waals surface area contributed by atoms with Gasteiger partial charge in [0.15, 0.2) is 0 Å². The number of piperidine rings is 1. The lowest BCUT2D eigenvalue weighted by atomic mass is 9.87. The predicted octanol–water partition coefficient (Wildman–Crippen LogP) is 2.74. The van der Waals surface area contributed by atoms with Crippen LogP contribution in [-0.4, -0.2) is 47.9 Å². The fourth-order valence-electron chi connectivity index (χ4n) is 4.14. The van der Waals surface area contributed by atoms with Gasteiger partial charge in [-0.05, 0) is 49.8 Å². The van der Waals surface area contributed by atoms with Crippen molar-refractivity contribution in [1.29, 1.82) is 0 Å². The number of likely N-dealkylation sites (tertiary alicyclic amines) is 1. The normalized spacial score (nSPS) is 21.1. The van der Waals surface area contributed by atoms with E-state index in [1.165, 1.54) is 32.1 Å². The number of nitrogens with zero attached hydrogens (tertiary/aromatic N) is 2. The van der Waals surface area contributed by atoms with E-state index in [2.05, 4.69) is 15.6 Å². The third-order valence-electron chi connectivity index (χ3n) is 5.72. The van der Waals surface area contributed by atoms with Crippen LogP contribution >= 0.6 is 0 Å². The van der Waals surface area contributed by atoms with Crippen LogP contribution in [0, 0.1) is 18.8 Å². The number of aromatic nitrogens is 1. The molecule has 2 amide bonds. The summed E-state index contributed by atoms with van der Waals surface area (Å²) in [5.74, 6) is 1.65. The number of carbonyl (C=O) groups is 2. The van der Waals surface area contributed by atoms with Gasteiger partial charge in [-0.25, -0.2) is 4.98 Å². The van der Waals surface area contributed by atoms with Crippen molar-refractivity contribution in [3.8, 4) is 0 Å². The molecular formula is C21H32N4O2. The number of hydrogen-bond donors (Lipinski definition) is 2. The van der Waals surface area contributed by atoms with Crippen LogP contribution in [0.3, 0.4) is 0 Å². The van der Waals surface area contributed by atoms with Crippen molar-refractivity contribution in [3.63, 3.8) is 0 Å². The molecule has 1 saturated heterocycles. The van der Waals surface area contributed by atoms with Gasteiger partial charge in [-0.15, -0.1) is 0 Å². The summed E-state index contributed by atoms with van der Waals surface area (Å²) < 4.78 is 0. The van der Waals surface area contributed by atoms with Gasteiger partial charge in [0, 0.05) is 38.8 Å². The van der Waals surface area contributed by atoms with Crippen LogP contribution in [0.5, 0.6) is 0 Å². The first-order chi connectivity index (χ1) is 13.1. The lowest BCUT2D eigenvalue weighted by Gasteiger charge is -2.35. The van der Waals surface area contributed by atoms with Gasteiger partial charge in [-0.3, -0.25) is 9.59 Å². The lowest BCUT2D eigenvalue weighted by Crippen LogP contribution is -2.47. The third-order valence-corrected chi connectivity index (χ3v) is 5.72. The van der Waals surface area contributed by atoms with E-state index in [9.17, 15) is 9.59 Å². The lowest BCUT2D eigenvalue weighted by molar-refractivity contribution is -0.139. The molecule has 2 heterocycles. The van der Waals surface area contributed by atoms with Crippen molar-refractivity contribution >= 4 is 17.6 Å². The summed E-state index contributed by atoms with van der Waals surface area (Å²) in [6.45, 7) is 4.64. The van der Waals surface area contributed by atoms with Crippen molar-refractivity contribution < 1.29 is 9.59 Å². The highest BCUT2D eigenvalue weighted by Gasteiger charge is 2.31. The average molecular weight is 373 g/mol. The molecule has 27 heavy (non-hydrogen) atoms. The first kappa shape index (κ1) is 19.6. The summed E-state index contributed by atoms with van der Waals surface area (Å²) >= 11 is 0. The number of pyridine rings is 1. The van der Waals surface area contributed by atoms with Crippen LogP contribution in [0.15, 0.2) is 18.3 Å². The molecule has 1 atom stereocenters. The van der Waals surface area contributed by atoms with Crippen molar-refractivity contribution in [2.45, 2.75) is 51.9 Å². The maximum Gasteiger partial charge on any atom is 0.224 e. The molecule has 1 aromatic rings. The Balaban J connectivity index is 1.40. The minimum Gasteiger partial charge on any atom is -0.368 e. The molecule has 1 saturated carbocycles. The number of rotatable bonds is 7. The molecular weight excluding hydrogens is 340 g/mol. The Morgan fingerprint density at radius 1 is 1.22 bits per heavy atom. The molecule has 0 radical (unpaired) electrons. The van der Waals surface area contributed by atoms with Crippen molar-refractivity contribution in [3.05, 3.63) is 23.9 Å². The van der Waals surface area contributed by atoms with Crippen LogP contribution < -0.4 is 10.6 Å². The number of aryl methyl sites for hydroxylation is 1. The molecule has 0 aromatic carbocycles. The van der Waals surface area contributed by atoms with Crippen LogP contribution in [0.25, 0.3) is 0 Å². The van der Waals surface area contributed by atoms with Crippen LogP contribution in [0.1, 0.15) is 50.5 Å². The predicted molar refractivity (Wildman–Crippen MR) is 106 cm³/mol. The summed E-state index contributed by atoms with van der Waals surface area (Å²) in [6, 6.07) is 3.94. The number of amides is 2. The van der Waals surface area contributed by atoms with Gasteiger partial charge in [0.05, 0.1) is 5.92 Å². The van der Waals surface area contributed by atoms with Crippen molar-refractivity contribution in [1.82, 2.24) is 15.2 Å². The van der Waals surface area contributed by atoms with Crippen LogP contribution in [-0.2, 0) is 9.59 Å². The number of anilines is 1. The Bertz CT molecular complexity index is 643. The highest BCUT2D eigenvalue weighted by Crippen LogP contribution is 2.27. The molecule has 2 N–H and O–H groups in total. The molecule has 1 aliphatic heterocycles. The Morgan fingerprint density at radius 3 is 2.81 bits per heavy atom. The second-order valence-corrected chi connectivity index (χ2v) is 7.97. The van der Waals surface area contributed by atoms with Crippen molar-refractivity contribution in [2.75, 3.05) is 31.5 Å². The van der Waals surface area contributed by atoms with E-state index in [0.717, 1.165) is 17.9 Å². The minimum absolute atomic E-state index is 0.0649. The van der Waals surface area contributed by atoms with Gasteiger partial charge in [-0.1, -0.05) is 19.3 Å². The number of nitrogens with one attached hydrogen (secondary N) is 2. The smallest absolute Gasteiger partial charge is 0.224 e. The molecule has 2 fully saturated rings. The molecule has 3 rings (SSSR count). The molecule has 148 valence electrons. The molecule has 6 nitrogen and oxygen atoms in total. The van der Waals surface area contributed by atoms with E-state index < -0.39 is 0 Å². The van der Waals surface area contributed by atoms with E-state index in [0.29, 0.717) is 38.4 Å². The maximum absolute atomic E-state index is 12.5. The monoisotopic (exact) mass is 372 g/mol. The summed E-state index contributed by atoms with van der Waals surface area (Å²) in [5.41, 5.74) is 1.15. The van der Waals surface area contributed by atoms with Crippen LogP contribution in [0.4, 0.5) is 5.82 Å². The Kier molecular flexibility index (Phi) is 7.07. The zero-order valence-electron chi connectivity index (χ0n) is 16.4. The fourth-order valence-corrected chi connectivity index (χ4v) is 4.14. The first-order valence-electron chi connectivity index (χ1n) is 10.3. The van der Waals surface area contributed by atoms with E-state index in [4.69, 9.17) is 0 Å². The van der Waals surface area contributed by atoms with E-state index in [1.54, 1.807) is 6.20 Å². The second-order valence-electron chi connectivity index (χ2n) is 7.97. The number of hydrogen-bond acceptors (Lipinski definition) is 4. The first-order valence-corrected chi connectivity index (χ1v) is 10.3. The second kappa shape index (κ2) is 9.72. The van der Waals surface area contributed by atoms with Gasteiger partial charge >= 0.3 is 0 Å². The van der Waals surface area contributed by atoms with Gasteiger partial charge in [-0.2, -0.15) is 0 Å². The van der Waals surface area contributed by atoms with Crippen LogP contribution in [0.2, 0.25) is 0 Å². The quantitative estimate of drug-likeness (QED) is 0.722. The number of carbonyl (C=O) groups excluding carboxylic acids is 2. The van der Waals surface area contributed by atoms with Gasteiger partial charge in [0.25, 0.3) is 0 Å². The zero-order chi connectivity index (χ0) is 19.1. The molecule has 1 aromatic heterocycles. The van der Waals surface area contributed by atoms with E-state index in [-0.39, 0.29) is 17.7 Å². The standard InChI is InChI=1S/C21H32N4O2/c1-16-9-10-22-19(13-16)23-11-12-24-21(27)18-7-8-20(26)25(15-18)14-17-5-3-2-4-6-17/h9-10,13,17-18H,2-8,11-12,14-15H2,1H3,(H,22,23)(H,24,27). The summed E-state index contributed by atoms with van der Waals surface area (Å²) in [4.78, 5) is 31.0. The molecule has 2 aliphatic rings. The van der Waals surface area contributed by atoms with Gasteiger partial charge in [0.1, 0.15) is 5.82 Å². The molecule has 0 spiro atoms. The Hall–Kier alpha value is -2.11. The highest BCUT2D eigenvalue weighted by molar-refractivity contribution is 5.83. The average Bonchev–Trinajstić information content (AvgIpc) is 2.68. The molecule has 6 heteroatoms. The fraction of sp³-hybridized carbons (Fsp3) is 0.667. The summed E-state index contributed by atoms with van der Waals surface area (Å²) in [7, 11) is 0. The summed E-state index contributed by atoms with van der Waals surface area (Å²) in [6.07, 6.45) is 9.25. The topological polar surface area (TPSA) is 74.3 Å². The van der Waals surface area contributed by atoms with E-state index in [1.807, 2.05) is 24.0 Å². The van der Waals surface area contributed by atoms with Crippen molar-refractivity contribution in [2.24, 2.45) is 11.8 Å². The van der Waals surface area contributed by atoms with Gasteiger partial charge < -0.3 is 15.5 Å². The SMILES string of the molecule is Cc1ccnc(NCCNC(=O)C2CCC(=O)N(CC3CCCCC3)C2)c1. The van der Waals surface area contributed by atoms with Gasteiger partial charge in [0.2, 0.25) is 11.8 Å². The Labute approximate surface area is 162 Å². The highest BCUT2D eigenvalue weighted by atomic mass is 16.2.